The van der Waals surface area contributed by atoms with E-state index in [0.29, 0.717) is 9.47 Å². The van der Waals surface area contributed by atoms with E-state index < -0.39 is 5.41 Å². The van der Waals surface area contributed by atoms with Gasteiger partial charge in [-0.25, -0.2) is 0 Å². The molecule has 26 heavy (non-hydrogen) atoms. The third-order valence-electron chi connectivity index (χ3n) is 3.30. The number of amides is 2. The summed E-state index contributed by atoms with van der Waals surface area (Å²) < 4.78 is 0.632. The Hall–Kier alpha value is -2.13. The first-order valence-corrected chi connectivity index (χ1v) is 9.80. The highest BCUT2D eigenvalue weighted by Gasteiger charge is 2.22. The number of anilines is 3. The maximum Gasteiger partial charge on any atom is 0.234 e. The number of carbonyl (C=O) groups is 2. The Morgan fingerprint density at radius 3 is 2.35 bits per heavy atom. The number of rotatable bonds is 6. The van der Waals surface area contributed by atoms with Crippen molar-refractivity contribution in [1.82, 2.24) is 10.2 Å². The number of thioether (sulfide) groups is 1. The highest BCUT2D eigenvalue weighted by Crippen LogP contribution is 2.27. The van der Waals surface area contributed by atoms with Crippen LogP contribution in [-0.2, 0) is 9.59 Å². The fourth-order valence-corrected chi connectivity index (χ4v) is 3.32. The molecule has 0 unspecified atom stereocenters. The molecule has 0 aliphatic heterocycles. The topological polar surface area (TPSA) is 87.2 Å². The van der Waals surface area contributed by atoms with E-state index in [2.05, 4.69) is 20.8 Å². The summed E-state index contributed by atoms with van der Waals surface area (Å²) >= 11 is 2.54. The van der Waals surface area contributed by atoms with Gasteiger partial charge >= 0.3 is 0 Å². The number of benzene rings is 1. The third-order valence-corrected chi connectivity index (χ3v) is 5.27. The molecule has 2 amide bonds. The number of nitrogens with one attached hydrogen (secondary N) is 2. The number of hydrogen-bond acceptors (Lipinski definition) is 7. The zero-order valence-electron chi connectivity index (χ0n) is 15.5. The van der Waals surface area contributed by atoms with Crippen LogP contribution in [0.5, 0.6) is 0 Å². The molecule has 1 aromatic heterocycles. The average molecular weight is 394 g/mol. The second-order valence-corrected chi connectivity index (χ2v) is 9.06. The fraction of sp³-hybridized carbons (Fsp3) is 0.412. The second-order valence-electron chi connectivity index (χ2n) is 6.86. The molecule has 1 aromatic carbocycles. The van der Waals surface area contributed by atoms with Crippen LogP contribution < -0.4 is 15.5 Å². The third kappa shape index (κ3) is 5.99. The Bertz CT molecular complexity index is 766. The largest absolute Gasteiger partial charge is 0.378 e. The molecule has 0 spiro atoms. The summed E-state index contributed by atoms with van der Waals surface area (Å²) in [5.74, 6) is -0.0238. The summed E-state index contributed by atoms with van der Waals surface area (Å²) in [6.07, 6.45) is 0. The van der Waals surface area contributed by atoms with E-state index in [1.165, 1.54) is 23.1 Å². The monoisotopic (exact) mass is 393 g/mol. The normalized spacial score (nSPS) is 11.1. The molecule has 2 rings (SSSR count). The molecule has 0 bridgehead atoms. The molecule has 2 aromatic rings. The predicted molar refractivity (Wildman–Crippen MR) is 108 cm³/mol. The standard InChI is InChI=1S/C17H23N5O2S2/c1-17(2,3)14(24)19-15-20-21-16(26-15)25-10-13(23)18-11-6-8-12(9-7-11)22(4)5/h6-9H,10H2,1-5H3,(H,18,23)(H,19,20,24). The first kappa shape index (κ1) is 20.2. The Morgan fingerprint density at radius 1 is 1.12 bits per heavy atom. The summed E-state index contributed by atoms with van der Waals surface area (Å²) in [7, 11) is 3.93. The summed E-state index contributed by atoms with van der Waals surface area (Å²) in [5, 5.41) is 13.9. The van der Waals surface area contributed by atoms with Crippen molar-refractivity contribution in [3.05, 3.63) is 24.3 Å². The van der Waals surface area contributed by atoms with Gasteiger partial charge in [0.1, 0.15) is 0 Å². The molecule has 2 N–H and O–H groups in total. The van der Waals surface area contributed by atoms with Gasteiger partial charge in [0.25, 0.3) is 0 Å². The van der Waals surface area contributed by atoms with E-state index in [4.69, 9.17) is 0 Å². The maximum atomic E-state index is 12.1. The van der Waals surface area contributed by atoms with Gasteiger partial charge < -0.3 is 15.5 Å². The van der Waals surface area contributed by atoms with Crippen molar-refractivity contribution in [1.29, 1.82) is 0 Å². The summed E-state index contributed by atoms with van der Waals surface area (Å²) in [6.45, 7) is 5.48. The first-order valence-electron chi connectivity index (χ1n) is 8.00. The van der Waals surface area contributed by atoms with E-state index in [0.717, 1.165) is 11.4 Å². The minimum absolute atomic E-state index is 0.121. The SMILES string of the molecule is CN(C)c1ccc(NC(=O)CSc2nnc(NC(=O)C(C)(C)C)s2)cc1. The van der Waals surface area contributed by atoms with Crippen molar-refractivity contribution in [2.45, 2.75) is 25.1 Å². The number of nitrogens with zero attached hydrogens (tertiary/aromatic N) is 3. The quantitative estimate of drug-likeness (QED) is 0.578. The molecular formula is C17H23N5O2S2. The van der Waals surface area contributed by atoms with E-state index in [1.807, 2.05) is 64.0 Å². The first-order chi connectivity index (χ1) is 12.1. The van der Waals surface area contributed by atoms with Gasteiger partial charge in [-0.2, -0.15) is 0 Å². The molecule has 0 radical (unpaired) electrons. The molecule has 0 saturated heterocycles. The summed E-state index contributed by atoms with van der Waals surface area (Å²) in [6, 6.07) is 7.61. The lowest BCUT2D eigenvalue weighted by Gasteiger charge is -2.15. The minimum atomic E-state index is -0.499. The average Bonchev–Trinajstić information content (AvgIpc) is 3.00. The molecule has 0 aliphatic rings. The lowest BCUT2D eigenvalue weighted by molar-refractivity contribution is -0.123. The second kappa shape index (κ2) is 8.50. The van der Waals surface area contributed by atoms with Crippen LogP contribution in [0.1, 0.15) is 20.8 Å². The molecule has 0 saturated carbocycles. The van der Waals surface area contributed by atoms with E-state index in [1.54, 1.807) is 0 Å². The van der Waals surface area contributed by atoms with Gasteiger partial charge in [-0.15, -0.1) is 10.2 Å². The van der Waals surface area contributed by atoms with Crippen molar-refractivity contribution in [2.75, 3.05) is 35.4 Å². The molecule has 0 aliphatic carbocycles. The Kier molecular flexibility index (Phi) is 6.60. The van der Waals surface area contributed by atoms with Gasteiger partial charge in [0.2, 0.25) is 16.9 Å². The molecule has 0 fully saturated rings. The van der Waals surface area contributed by atoms with Crippen molar-refractivity contribution in [2.24, 2.45) is 5.41 Å². The highest BCUT2D eigenvalue weighted by molar-refractivity contribution is 8.01. The lowest BCUT2D eigenvalue weighted by atomic mass is 9.96. The molecule has 7 nitrogen and oxygen atoms in total. The van der Waals surface area contributed by atoms with Gasteiger partial charge in [-0.3, -0.25) is 9.59 Å². The van der Waals surface area contributed by atoms with Gasteiger partial charge in [0.15, 0.2) is 4.34 Å². The van der Waals surface area contributed by atoms with Crippen molar-refractivity contribution >= 4 is 51.4 Å². The van der Waals surface area contributed by atoms with Crippen LogP contribution in [0.15, 0.2) is 28.6 Å². The molecular weight excluding hydrogens is 370 g/mol. The molecule has 9 heteroatoms. The molecule has 0 atom stereocenters. The van der Waals surface area contributed by atoms with Crippen LogP contribution >= 0.6 is 23.1 Å². The van der Waals surface area contributed by atoms with Crippen molar-refractivity contribution in [3.8, 4) is 0 Å². The Morgan fingerprint density at radius 2 is 1.77 bits per heavy atom. The van der Waals surface area contributed by atoms with Crippen molar-refractivity contribution < 1.29 is 9.59 Å². The Balaban J connectivity index is 1.83. The van der Waals surface area contributed by atoms with Crippen LogP contribution in [0, 0.1) is 5.41 Å². The van der Waals surface area contributed by atoms with E-state index >= 15 is 0 Å². The molecule has 140 valence electrons. The highest BCUT2D eigenvalue weighted by atomic mass is 32.2. The van der Waals surface area contributed by atoms with E-state index in [-0.39, 0.29) is 17.6 Å². The number of carbonyl (C=O) groups excluding carboxylic acids is 2. The zero-order chi connectivity index (χ0) is 19.3. The van der Waals surface area contributed by atoms with Crippen LogP contribution in [0.3, 0.4) is 0 Å². The predicted octanol–water partition coefficient (Wildman–Crippen LogP) is 3.32. The van der Waals surface area contributed by atoms with Crippen LogP contribution in [0.4, 0.5) is 16.5 Å². The van der Waals surface area contributed by atoms with E-state index in [9.17, 15) is 9.59 Å². The van der Waals surface area contributed by atoms with Crippen LogP contribution in [-0.4, -0.2) is 41.9 Å². The lowest BCUT2D eigenvalue weighted by Crippen LogP contribution is -2.27. The van der Waals surface area contributed by atoms with Crippen molar-refractivity contribution in [3.63, 3.8) is 0 Å². The smallest absolute Gasteiger partial charge is 0.234 e. The van der Waals surface area contributed by atoms with Gasteiger partial charge in [0, 0.05) is 30.9 Å². The van der Waals surface area contributed by atoms with Crippen LogP contribution in [0.25, 0.3) is 0 Å². The van der Waals surface area contributed by atoms with Gasteiger partial charge in [-0.1, -0.05) is 43.9 Å². The maximum absolute atomic E-state index is 12.1. The summed E-state index contributed by atoms with van der Waals surface area (Å²) in [5.41, 5.74) is 1.31. The van der Waals surface area contributed by atoms with Gasteiger partial charge in [-0.05, 0) is 24.3 Å². The zero-order valence-corrected chi connectivity index (χ0v) is 17.1. The Labute approximate surface area is 161 Å². The minimum Gasteiger partial charge on any atom is -0.378 e. The fourth-order valence-electron chi connectivity index (χ4n) is 1.77. The van der Waals surface area contributed by atoms with Gasteiger partial charge in [0.05, 0.1) is 5.75 Å². The number of hydrogen-bond donors (Lipinski definition) is 2. The summed E-state index contributed by atoms with van der Waals surface area (Å²) in [4.78, 5) is 26.0. The van der Waals surface area contributed by atoms with Crippen LogP contribution in [0.2, 0.25) is 0 Å². The number of aromatic nitrogens is 2. The molecule has 1 heterocycles.